The van der Waals surface area contributed by atoms with Crippen LogP contribution >= 0.6 is 24.0 Å². The second kappa shape index (κ2) is 13.4. The molecule has 0 amide bonds. The van der Waals surface area contributed by atoms with Gasteiger partial charge >= 0.3 is 0 Å². The van der Waals surface area contributed by atoms with Crippen LogP contribution in [-0.4, -0.2) is 46.0 Å². The van der Waals surface area contributed by atoms with E-state index in [0.29, 0.717) is 19.8 Å². The lowest BCUT2D eigenvalue weighted by atomic mass is 10.1. The molecule has 2 N–H and O–H groups in total. The number of halogens is 1. The molecule has 170 valence electrons. The summed E-state index contributed by atoms with van der Waals surface area (Å²) in [7, 11) is 1.68. The maximum atomic E-state index is 5.88. The number of hydrogen-bond acceptors (Lipinski definition) is 4. The number of ether oxygens (including phenoxy) is 3. The van der Waals surface area contributed by atoms with E-state index in [2.05, 4.69) is 60.9 Å². The molecule has 0 aliphatic carbocycles. The summed E-state index contributed by atoms with van der Waals surface area (Å²) in [6.07, 6.45) is 1.94. The van der Waals surface area contributed by atoms with Crippen molar-refractivity contribution in [2.24, 2.45) is 4.99 Å². The summed E-state index contributed by atoms with van der Waals surface area (Å²) in [6, 6.07) is 12.7. The Labute approximate surface area is 202 Å². The van der Waals surface area contributed by atoms with Crippen molar-refractivity contribution >= 4 is 29.9 Å². The van der Waals surface area contributed by atoms with Crippen LogP contribution in [-0.2, 0) is 24.1 Å². The van der Waals surface area contributed by atoms with E-state index in [-0.39, 0.29) is 24.0 Å². The molecule has 7 heteroatoms. The molecule has 0 saturated carbocycles. The monoisotopic (exact) mass is 539 g/mol. The standard InChI is InChI=1S/C24H33N3O3.HI/c1-4-25-24(26-11-9-19-6-8-22-20(16-19)10-12-29-22)27-17-21-7-5-18(2)15-23(21)30-14-13-28-3;/h5-8,15-16H,4,9-14,17H2,1-3H3,(H2,25,26,27);1H. The molecule has 1 heterocycles. The molecule has 2 aromatic carbocycles. The van der Waals surface area contributed by atoms with Gasteiger partial charge in [0.05, 0.1) is 19.8 Å². The predicted molar refractivity (Wildman–Crippen MR) is 136 cm³/mol. The number of hydrogen-bond donors (Lipinski definition) is 2. The fourth-order valence-corrected chi connectivity index (χ4v) is 3.39. The molecule has 0 radical (unpaired) electrons. The van der Waals surface area contributed by atoms with Crippen molar-refractivity contribution < 1.29 is 14.2 Å². The first-order valence-corrected chi connectivity index (χ1v) is 10.7. The van der Waals surface area contributed by atoms with Crippen LogP contribution in [0.15, 0.2) is 41.4 Å². The zero-order valence-corrected chi connectivity index (χ0v) is 21.0. The van der Waals surface area contributed by atoms with Gasteiger partial charge in [0.25, 0.3) is 0 Å². The van der Waals surface area contributed by atoms with Crippen LogP contribution in [0.5, 0.6) is 11.5 Å². The Morgan fingerprint density at radius 1 is 1.13 bits per heavy atom. The molecule has 2 aromatic rings. The Morgan fingerprint density at radius 2 is 2.00 bits per heavy atom. The van der Waals surface area contributed by atoms with Crippen molar-refractivity contribution in [1.29, 1.82) is 0 Å². The molecule has 0 unspecified atom stereocenters. The summed E-state index contributed by atoms with van der Waals surface area (Å²) >= 11 is 0. The highest BCUT2D eigenvalue weighted by Crippen LogP contribution is 2.26. The Kier molecular flexibility index (Phi) is 10.9. The van der Waals surface area contributed by atoms with E-state index in [9.17, 15) is 0 Å². The third kappa shape index (κ3) is 7.88. The lowest BCUT2D eigenvalue weighted by Crippen LogP contribution is -2.38. The van der Waals surface area contributed by atoms with Gasteiger partial charge in [-0.15, -0.1) is 24.0 Å². The lowest BCUT2D eigenvalue weighted by molar-refractivity contribution is 0.145. The fourth-order valence-electron chi connectivity index (χ4n) is 3.39. The molecule has 31 heavy (non-hydrogen) atoms. The van der Waals surface area contributed by atoms with E-state index >= 15 is 0 Å². The van der Waals surface area contributed by atoms with Gasteiger partial charge in [0, 0.05) is 32.2 Å². The maximum Gasteiger partial charge on any atom is 0.191 e. The molecule has 6 nitrogen and oxygen atoms in total. The first kappa shape index (κ1) is 25.3. The van der Waals surface area contributed by atoms with Crippen LogP contribution in [0, 0.1) is 6.92 Å². The van der Waals surface area contributed by atoms with Crippen LogP contribution in [0.3, 0.4) is 0 Å². The van der Waals surface area contributed by atoms with Crippen LogP contribution in [0.4, 0.5) is 0 Å². The second-order valence-electron chi connectivity index (χ2n) is 7.36. The first-order valence-electron chi connectivity index (χ1n) is 10.7. The smallest absolute Gasteiger partial charge is 0.191 e. The molecule has 0 atom stereocenters. The molecular formula is C24H34IN3O3. The minimum Gasteiger partial charge on any atom is -0.493 e. The zero-order valence-electron chi connectivity index (χ0n) is 18.7. The summed E-state index contributed by atoms with van der Waals surface area (Å²) in [5.41, 5.74) is 4.86. The van der Waals surface area contributed by atoms with Crippen molar-refractivity contribution in [2.75, 3.05) is 40.0 Å². The van der Waals surface area contributed by atoms with Crippen LogP contribution in [0.1, 0.15) is 29.2 Å². The summed E-state index contributed by atoms with van der Waals surface area (Å²) in [5.74, 6) is 2.71. The number of benzene rings is 2. The van der Waals surface area contributed by atoms with E-state index in [1.54, 1.807) is 7.11 Å². The number of aliphatic imine (C=N–C) groups is 1. The molecule has 0 spiro atoms. The largest absolute Gasteiger partial charge is 0.493 e. The highest BCUT2D eigenvalue weighted by Gasteiger charge is 2.12. The average molecular weight is 539 g/mol. The Balaban J connectivity index is 0.00000341. The molecule has 1 aliphatic rings. The summed E-state index contributed by atoms with van der Waals surface area (Å²) in [4.78, 5) is 4.75. The van der Waals surface area contributed by atoms with Crippen molar-refractivity contribution in [1.82, 2.24) is 10.6 Å². The highest BCUT2D eigenvalue weighted by atomic mass is 127. The van der Waals surface area contributed by atoms with Crippen molar-refractivity contribution in [2.45, 2.75) is 33.2 Å². The van der Waals surface area contributed by atoms with Gasteiger partial charge in [0.2, 0.25) is 0 Å². The SMILES string of the molecule is CCNC(=NCc1ccc(C)cc1OCCOC)NCCc1ccc2c(c1)CCO2.I. The number of methoxy groups -OCH3 is 1. The predicted octanol–water partition coefficient (Wildman–Crippen LogP) is 3.87. The zero-order chi connectivity index (χ0) is 21.2. The molecule has 0 saturated heterocycles. The molecule has 3 rings (SSSR count). The average Bonchev–Trinajstić information content (AvgIpc) is 3.21. The Hall–Kier alpha value is -2.00. The van der Waals surface area contributed by atoms with Crippen LogP contribution in [0.2, 0.25) is 0 Å². The van der Waals surface area contributed by atoms with Crippen molar-refractivity contribution in [3.05, 3.63) is 58.7 Å². The van der Waals surface area contributed by atoms with Gasteiger partial charge in [0.15, 0.2) is 5.96 Å². The van der Waals surface area contributed by atoms with Crippen molar-refractivity contribution in [3.63, 3.8) is 0 Å². The van der Waals surface area contributed by atoms with Gasteiger partial charge in [-0.2, -0.15) is 0 Å². The molecule has 1 aliphatic heterocycles. The normalized spacial score (nSPS) is 12.5. The lowest BCUT2D eigenvalue weighted by Gasteiger charge is -2.14. The Bertz CT molecular complexity index is 858. The van der Waals surface area contributed by atoms with E-state index in [4.69, 9.17) is 19.2 Å². The van der Waals surface area contributed by atoms with E-state index in [0.717, 1.165) is 55.6 Å². The van der Waals surface area contributed by atoms with E-state index < -0.39 is 0 Å². The van der Waals surface area contributed by atoms with E-state index in [1.807, 2.05) is 0 Å². The van der Waals surface area contributed by atoms with E-state index in [1.165, 1.54) is 16.7 Å². The summed E-state index contributed by atoms with van der Waals surface area (Å²) < 4.78 is 16.6. The summed E-state index contributed by atoms with van der Waals surface area (Å²) in [6.45, 7) is 8.20. The minimum atomic E-state index is 0. The van der Waals surface area contributed by atoms with Gasteiger partial charge in [-0.05, 0) is 49.1 Å². The quantitative estimate of drug-likeness (QED) is 0.208. The maximum absolute atomic E-state index is 5.88. The minimum absolute atomic E-state index is 0. The van der Waals surface area contributed by atoms with Gasteiger partial charge in [-0.3, -0.25) is 0 Å². The van der Waals surface area contributed by atoms with Gasteiger partial charge in [0.1, 0.15) is 18.1 Å². The van der Waals surface area contributed by atoms with Gasteiger partial charge in [-0.25, -0.2) is 4.99 Å². The van der Waals surface area contributed by atoms with Gasteiger partial charge < -0.3 is 24.8 Å². The number of nitrogens with one attached hydrogen (secondary N) is 2. The van der Waals surface area contributed by atoms with Crippen molar-refractivity contribution in [3.8, 4) is 11.5 Å². The second-order valence-corrected chi connectivity index (χ2v) is 7.36. The van der Waals surface area contributed by atoms with Gasteiger partial charge in [-0.1, -0.05) is 24.3 Å². The molecule has 0 aromatic heterocycles. The summed E-state index contributed by atoms with van der Waals surface area (Å²) in [5, 5.41) is 6.76. The number of nitrogens with zero attached hydrogens (tertiary/aromatic N) is 1. The molecule has 0 bridgehead atoms. The molecular weight excluding hydrogens is 505 g/mol. The number of guanidine groups is 1. The molecule has 0 fully saturated rings. The number of fused-ring (bicyclic) bond motifs is 1. The fraction of sp³-hybridized carbons (Fsp3) is 0.458. The number of rotatable bonds is 10. The third-order valence-corrected chi connectivity index (χ3v) is 4.98. The van der Waals surface area contributed by atoms with Crippen LogP contribution < -0.4 is 20.1 Å². The first-order chi connectivity index (χ1) is 14.7. The number of aryl methyl sites for hydroxylation is 1. The van der Waals surface area contributed by atoms with Crippen LogP contribution in [0.25, 0.3) is 0 Å². The highest BCUT2D eigenvalue weighted by molar-refractivity contribution is 14.0. The Morgan fingerprint density at radius 3 is 2.81 bits per heavy atom. The topological polar surface area (TPSA) is 64.1 Å². The third-order valence-electron chi connectivity index (χ3n) is 4.98.